The normalized spacial score (nSPS) is 24.2. The molecule has 0 spiro atoms. The van der Waals surface area contributed by atoms with Crippen molar-refractivity contribution in [2.24, 2.45) is 5.92 Å². The number of carbonyl (C=O) groups is 1. The monoisotopic (exact) mass is 222 g/mol. The smallest absolute Gasteiger partial charge is 0.222 e. The highest BCUT2D eigenvalue weighted by Crippen LogP contribution is 2.36. The topological polar surface area (TPSA) is 83.8 Å². The van der Waals surface area contributed by atoms with E-state index in [-0.39, 0.29) is 11.8 Å². The first-order valence-electron chi connectivity index (χ1n) is 5.67. The molecule has 1 aliphatic carbocycles. The molecular weight excluding hydrogens is 204 g/mol. The Morgan fingerprint density at radius 3 is 2.81 bits per heavy atom. The van der Waals surface area contributed by atoms with Crippen molar-refractivity contribution >= 4 is 11.7 Å². The number of anilines is 1. The number of nitrogens with zero attached hydrogens (tertiary/aromatic N) is 1. The van der Waals surface area contributed by atoms with Gasteiger partial charge in [-0.05, 0) is 12.8 Å². The number of amides is 1. The number of rotatable bonds is 3. The van der Waals surface area contributed by atoms with Gasteiger partial charge in [-0.3, -0.25) is 9.89 Å². The largest absolute Gasteiger partial charge is 0.382 e. The molecule has 16 heavy (non-hydrogen) atoms. The van der Waals surface area contributed by atoms with Gasteiger partial charge in [0.2, 0.25) is 5.91 Å². The van der Waals surface area contributed by atoms with Gasteiger partial charge in [0, 0.05) is 29.6 Å². The molecule has 1 aliphatic rings. The standard InChI is InChI=1S/C11H18N4O/c1-6(2)11(16)13-8-3-7(4-8)9-5-10(12)15-14-9/h5-8H,3-4H2,1-2H3,(H,13,16)(H3,12,14,15). The molecule has 0 atom stereocenters. The average Bonchev–Trinajstić information content (AvgIpc) is 2.56. The number of nitrogens with two attached hydrogens (primary N) is 1. The summed E-state index contributed by atoms with van der Waals surface area (Å²) in [6.45, 7) is 3.81. The highest BCUT2D eigenvalue weighted by molar-refractivity contribution is 5.78. The van der Waals surface area contributed by atoms with Crippen molar-refractivity contribution in [3.05, 3.63) is 11.8 Å². The summed E-state index contributed by atoms with van der Waals surface area (Å²) in [6, 6.07) is 2.18. The lowest BCUT2D eigenvalue weighted by Gasteiger charge is -2.35. The molecular formula is C11H18N4O. The van der Waals surface area contributed by atoms with Crippen molar-refractivity contribution in [1.29, 1.82) is 0 Å². The minimum atomic E-state index is 0.0573. The number of nitrogen functional groups attached to an aromatic ring is 1. The number of carbonyl (C=O) groups excluding carboxylic acids is 1. The second kappa shape index (κ2) is 4.15. The molecule has 0 radical (unpaired) electrons. The number of hydrogen-bond acceptors (Lipinski definition) is 3. The third kappa shape index (κ3) is 2.18. The van der Waals surface area contributed by atoms with Crippen LogP contribution in [0.15, 0.2) is 6.07 Å². The molecule has 1 fully saturated rings. The van der Waals surface area contributed by atoms with Crippen LogP contribution in [0.5, 0.6) is 0 Å². The molecule has 0 bridgehead atoms. The summed E-state index contributed by atoms with van der Waals surface area (Å²) in [5.74, 6) is 1.18. The van der Waals surface area contributed by atoms with E-state index in [1.807, 2.05) is 19.9 Å². The van der Waals surface area contributed by atoms with E-state index in [2.05, 4.69) is 15.5 Å². The maximum absolute atomic E-state index is 11.4. The van der Waals surface area contributed by atoms with Crippen molar-refractivity contribution in [3.63, 3.8) is 0 Å². The van der Waals surface area contributed by atoms with Gasteiger partial charge < -0.3 is 11.1 Å². The van der Waals surface area contributed by atoms with Crippen LogP contribution in [0.3, 0.4) is 0 Å². The molecule has 0 aliphatic heterocycles. The molecule has 2 rings (SSSR count). The zero-order valence-electron chi connectivity index (χ0n) is 9.66. The van der Waals surface area contributed by atoms with Gasteiger partial charge in [0.05, 0.1) is 0 Å². The number of H-pyrrole nitrogens is 1. The van der Waals surface area contributed by atoms with Crippen molar-refractivity contribution in [1.82, 2.24) is 15.5 Å². The lowest BCUT2D eigenvalue weighted by molar-refractivity contribution is -0.125. The molecule has 1 aromatic rings. The molecule has 1 heterocycles. The van der Waals surface area contributed by atoms with Gasteiger partial charge >= 0.3 is 0 Å². The molecule has 0 unspecified atom stereocenters. The van der Waals surface area contributed by atoms with E-state index >= 15 is 0 Å². The maximum atomic E-state index is 11.4. The second-order valence-electron chi connectivity index (χ2n) is 4.78. The molecule has 5 nitrogen and oxygen atoms in total. The Labute approximate surface area is 94.8 Å². The van der Waals surface area contributed by atoms with Gasteiger partial charge in [0.1, 0.15) is 5.82 Å². The van der Waals surface area contributed by atoms with E-state index in [9.17, 15) is 4.79 Å². The predicted octanol–water partition coefficient (Wildman–Crippen LogP) is 1.01. The Balaban J connectivity index is 1.80. The molecule has 5 heteroatoms. The Kier molecular flexibility index (Phi) is 2.85. The van der Waals surface area contributed by atoms with Crippen LogP contribution in [0, 0.1) is 5.92 Å². The predicted molar refractivity (Wildman–Crippen MR) is 61.7 cm³/mol. The first-order valence-corrected chi connectivity index (χ1v) is 5.67. The van der Waals surface area contributed by atoms with E-state index < -0.39 is 0 Å². The first-order chi connectivity index (χ1) is 7.56. The molecule has 0 aromatic carbocycles. The van der Waals surface area contributed by atoms with Gasteiger partial charge in [0.25, 0.3) is 0 Å². The van der Waals surface area contributed by atoms with Gasteiger partial charge in [-0.15, -0.1) is 0 Å². The van der Waals surface area contributed by atoms with Crippen LogP contribution in [-0.4, -0.2) is 22.1 Å². The number of hydrogen-bond donors (Lipinski definition) is 3. The van der Waals surface area contributed by atoms with Gasteiger partial charge in [-0.2, -0.15) is 5.10 Å². The quantitative estimate of drug-likeness (QED) is 0.713. The lowest BCUT2D eigenvalue weighted by Crippen LogP contribution is -2.44. The molecule has 1 aromatic heterocycles. The fourth-order valence-electron chi connectivity index (χ4n) is 1.92. The van der Waals surface area contributed by atoms with E-state index in [4.69, 9.17) is 5.73 Å². The van der Waals surface area contributed by atoms with Crippen LogP contribution in [0.25, 0.3) is 0 Å². The van der Waals surface area contributed by atoms with Gasteiger partial charge in [-0.1, -0.05) is 13.8 Å². The SMILES string of the molecule is CC(C)C(=O)NC1CC(c2cc(N)n[nH]2)C1. The van der Waals surface area contributed by atoms with Crippen LogP contribution < -0.4 is 11.1 Å². The fourth-order valence-corrected chi connectivity index (χ4v) is 1.92. The van der Waals surface area contributed by atoms with Crippen LogP contribution in [0.4, 0.5) is 5.82 Å². The third-order valence-electron chi connectivity index (χ3n) is 3.07. The molecule has 4 N–H and O–H groups in total. The highest BCUT2D eigenvalue weighted by Gasteiger charge is 2.32. The lowest BCUT2D eigenvalue weighted by atomic mass is 9.78. The summed E-state index contributed by atoms with van der Waals surface area (Å²) >= 11 is 0. The summed E-state index contributed by atoms with van der Waals surface area (Å²) in [6.07, 6.45) is 1.94. The third-order valence-corrected chi connectivity index (χ3v) is 3.07. The molecule has 88 valence electrons. The highest BCUT2D eigenvalue weighted by atomic mass is 16.1. The molecule has 1 amide bonds. The Bertz CT molecular complexity index is 379. The van der Waals surface area contributed by atoms with E-state index in [1.54, 1.807) is 0 Å². The minimum absolute atomic E-state index is 0.0573. The zero-order valence-corrected chi connectivity index (χ0v) is 9.66. The fraction of sp³-hybridized carbons (Fsp3) is 0.636. The van der Waals surface area contributed by atoms with Crippen molar-refractivity contribution in [2.75, 3.05) is 5.73 Å². The average molecular weight is 222 g/mol. The van der Waals surface area contributed by atoms with E-state index in [0.29, 0.717) is 17.8 Å². The number of nitrogens with one attached hydrogen (secondary N) is 2. The summed E-state index contributed by atoms with van der Waals surface area (Å²) in [5, 5.41) is 9.83. The zero-order chi connectivity index (χ0) is 11.7. The van der Waals surface area contributed by atoms with Crippen LogP contribution in [0.1, 0.15) is 38.3 Å². The van der Waals surface area contributed by atoms with Crippen LogP contribution in [-0.2, 0) is 4.79 Å². The minimum Gasteiger partial charge on any atom is -0.382 e. The van der Waals surface area contributed by atoms with Crippen LogP contribution in [0.2, 0.25) is 0 Å². The number of aromatic nitrogens is 2. The Morgan fingerprint density at radius 1 is 1.62 bits per heavy atom. The van der Waals surface area contributed by atoms with Gasteiger partial charge in [0.15, 0.2) is 0 Å². The summed E-state index contributed by atoms with van der Waals surface area (Å²) < 4.78 is 0. The first kappa shape index (κ1) is 11.0. The van der Waals surface area contributed by atoms with Crippen molar-refractivity contribution in [3.8, 4) is 0 Å². The maximum Gasteiger partial charge on any atom is 0.222 e. The Morgan fingerprint density at radius 2 is 2.31 bits per heavy atom. The van der Waals surface area contributed by atoms with E-state index in [1.165, 1.54) is 0 Å². The van der Waals surface area contributed by atoms with Crippen LogP contribution >= 0.6 is 0 Å². The number of aromatic amines is 1. The van der Waals surface area contributed by atoms with E-state index in [0.717, 1.165) is 18.5 Å². The molecule has 1 saturated carbocycles. The molecule has 0 saturated heterocycles. The van der Waals surface area contributed by atoms with Gasteiger partial charge in [-0.25, -0.2) is 0 Å². The summed E-state index contributed by atoms with van der Waals surface area (Å²) in [5.41, 5.74) is 6.61. The summed E-state index contributed by atoms with van der Waals surface area (Å²) in [4.78, 5) is 11.4. The summed E-state index contributed by atoms with van der Waals surface area (Å²) in [7, 11) is 0. The van der Waals surface area contributed by atoms with Crippen molar-refractivity contribution < 1.29 is 4.79 Å². The Hall–Kier alpha value is -1.52. The van der Waals surface area contributed by atoms with Crippen molar-refractivity contribution in [2.45, 2.75) is 38.6 Å². The second-order valence-corrected chi connectivity index (χ2v) is 4.78.